The van der Waals surface area contributed by atoms with Crippen molar-refractivity contribution in [2.75, 3.05) is 0 Å². The number of nitrogens with zero attached hydrogens (tertiary/aromatic N) is 2. The molecule has 0 spiro atoms. The van der Waals surface area contributed by atoms with E-state index in [4.69, 9.17) is 0 Å². The molecule has 0 saturated heterocycles. The largest absolute Gasteiger partial charge is 0.309 e. The van der Waals surface area contributed by atoms with Gasteiger partial charge in [-0.3, -0.25) is 0 Å². The van der Waals surface area contributed by atoms with Crippen molar-refractivity contribution in [3.8, 4) is 55.9 Å². The van der Waals surface area contributed by atoms with Crippen molar-refractivity contribution in [2.45, 2.75) is 38.5 Å². The molecule has 9 aromatic carbocycles. The lowest BCUT2D eigenvalue weighted by atomic mass is 9.72. The van der Waals surface area contributed by atoms with Crippen LogP contribution < -0.4 is 0 Å². The highest BCUT2D eigenvalue weighted by atomic mass is 15.0. The third kappa shape index (κ3) is 4.75. The van der Waals surface area contributed by atoms with Gasteiger partial charge in [-0.05, 0) is 140 Å². The highest BCUT2D eigenvalue weighted by Gasteiger charge is 2.46. The lowest BCUT2D eigenvalue weighted by Gasteiger charge is -2.31. The molecule has 2 heterocycles. The summed E-state index contributed by atoms with van der Waals surface area (Å²) in [5.74, 6) is 0. The van der Waals surface area contributed by atoms with Gasteiger partial charge >= 0.3 is 0 Å². The Morgan fingerprint density at radius 3 is 1.06 bits per heavy atom. The van der Waals surface area contributed by atoms with Gasteiger partial charge in [-0.25, -0.2) is 0 Å². The van der Waals surface area contributed by atoms with Crippen molar-refractivity contribution in [3.63, 3.8) is 0 Å². The molecule has 11 aromatic rings. The Labute approximate surface area is 362 Å². The Bertz CT molecular complexity index is 3430. The van der Waals surface area contributed by atoms with Gasteiger partial charge in [0.05, 0.1) is 22.1 Å². The number of benzene rings is 9. The van der Waals surface area contributed by atoms with Gasteiger partial charge in [0, 0.05) is 43.7 Å². The van der Waals surface area contributed by atoms with E-state index in [-0.39, 0.29) is 10.8 Å². The quantitative estimate of drug-likeness (QED) is 0.168. The molecule has 0 saturated carbocycles. The van der Waals surface area contributed by atoms with E-state index in [0.29, 0.717) is 0 Å². The van der Waals surface area contributed by atoms with Gasteiger partial charge in [-0.2, -0.15) is 0 Å². The zero-order valence-electron chi connectivity index (χ0n) is 35.4. The number of hydrogen-bond acceptors (Lipinski definition) is 0. The van der Waals surface area contributed by atoms with E-state index in [2.05, 4.69) is 231 Å². The molecule has 0 bridgehead atoms. The maximum atomic E-state index is 2.48. The molecule has 0 atom stereocenters. The van der Waals surface area contributed by atoms with Gasteiger partial charge in [0.15, 0.2) is 0 Å². The minimum Gasteiger partial charge on any atom is -0.309 e. The van der Waals surface area contributed by atoms with E-state index in [9.17, 15) is 0 Å². The summed E-state index contributed by atoms with van der Waals surface area (Å²) in [7, 11) is 0. The number of para-hydroxylation sites is 4. The molecule has 294 valence electrons. The summed E-state index contributed by atoms with van der Waals surface area (Å²) in [4.78, 5) is 0. The second kappa shape index (κ2) is 12.6. The topological polar surface area (TPSA) is 9.86 Å². The van der Waals surface area contributed by atoms with Crippen molar-refractivity contribution < 1.29 is 0 Å². The Hall–Kier alpha value is -7.42. The van der Waals surface area contributed by atoms with Gasteiger partial charge in [0.1, 0.15) is 0 Å². The Morgan fingerprint density at radius 2 is 0.629 bits per heavy atom. The summed E-state index contributed by atoms with van der Waals surface area (Å²) in [6.45, 7) is 9.79. The van der Waals surface area contributed by atoms with E-state index in [1.165, 1.54) is 122 Å². The summed E-state index contributed by atoms with van der Waals surface area (Å²) < 4.78 is 4.79. The van der Waals surface area contributed by atoms with Crippen LogP contribution in [0.3, 0.4) is 0 Å². The predicted molar refractivity (Wildman–Crippen MR) is 261 cm³/mol. The van der Waals surface area contributed by atoms with Crippen molar-refractivity contribution in [3.05, 3.63) is 216 Å². The molecular weight excluding hydrogens is 749 g/mol. The van der Waals surface area contributed by atoms with Crippen molar-refractivity contribution >= 4 is 43.6 Å². The highest BCUT2D eigenvalue weighted by molar-refractivity contribution is 6.12. The van der Waals surface area contributed by atoms with Gasteiger partial charge in [0.25, 0.3) is 0 Å². The molecule has 0 amide bonds. The van der Waals surface area contributed by atoms with Crippen molar-refractivity contribution in [2.24, 2.45) is 0 Å². The summed E-state index contributed by atoms with van der Waals surface area (Å²) in [5, 5.41) is 5.11. The van der Waals surface area contributed by atoms with E-state index in [1.54, 1.807) is 0 Å². The smallest absolute Gasteiger partial charge is 0.0541 e. The minimum absolute atomic E-state index is 0.181. The molecule has 2 aliphatic carbocycles. The first kappa shape index (κ1) is 35.3. The number of fused-ring (bicyclic) bond motifs is 13. The lowest BCUT2D eigenvalue weighted by Crippen LogP contribution is -2.24. The third-order valence-electron chi connectivity index (χ3n) is 14.5. The van der Waals surface area contributed by atoms with Crippen LogP contribution in [0.1, 0.15) is 49.9 Å². The average Bonchev–Trinajstić information content (AvgIpc) is 3.97. The van der Waals surface area contributed by atoms with Gasteiger partial charge in [0.2, 0.25) is 0 Å². The zero-order chi connectivity index (χ0) is 41.5. The molecule has 0 N–H and O–H groups in total. The third-order valence-corrected chi connectivity index (χ3v) is 14.5. The van der Waals surface area contributed by atoms with Crippen LogP contribution in [0.2, 0.25) is 0 Å². The standard InChI is InChI=1S/C60H44N2/c1-59(2)51-35-39(37-25-31-55-49(33-37)45-19-11-13-21-53(45)61(55)41-15-7-5-8-16-41)23-27-43(51)47-29-30-48-44-28-24-40(36-52(44)60(3,4)58(48)57(47)59)38-26-32-56-50(34-38)46-20-12-14-22-54(46)62(56)42-17-9-6-10-18-42/h5-36H,1-4H3. The highest BCUT2D eigenvalue weighted by Crippen LogP contribution is 2.59. The maximum Gasteiger partial charge on any atom is 0.0541 e. The van der Waals surface area contributed by atoms with E-state index in [1.807, 2.05) is 0 Å². The number of rotatable bonds is 4. The monoisotopic (exact) mass is 792 g/mol. The summed E-state index contributed by atoms with van der Waals surface area (Å²) >= 11 is 0. The second-order valence-electron chi connectivity index (χ2n) is 18.5. The second-order valence-corrected chi connectivity index (χ2v) is 18.5. The first-order valence-electron chi connectivity index (χ1n) is 21.9. The molecule has 0 aliphatic heterocycles. The molecule has 2 nitrogen and oxygen atoms in total. The molecular formula is C60H44N2. The predicted octanol–water partition coefficient (Wildman–Crippen LogP) is 15.8. The van der Waals surface area contributed by atoms with Crippen LogP contribution >= 0.6 is 0 Å². The minimum atomic E-state index is -0.181. The van der Waals surface area contributed by atoms with Crippen LogP contribution in [-0.4, -0.2) is 9.13 Å². The fraction of sp³-hybridized carbons (Fsp3) is 0.100. The van der Waals surface area contributed by atoms with Crippen LogP contribution in [0.25, 0.3) is 99.5 Å². The number of aromatic nitrogens is 2. The molecule has 13 rings (SSSR count). The normalized spacial score (nSPS) is 14.4. The van der Waals surface area contributed by atoms with Crippen LogP contribution in [0.4, 0.5) is 0 Å². The SMILES string of the molecule is CC1(C)c2cc(-c3ccc4c(c3)c3ccccc3n4-c3ccccc3)ccc2-c2ccc3c(c21)C(C)(C)c1cc(-c2ccc4c(c2)c2ccccc2n4-c2ccccc2)ccc1-3. The lowest BCUT2D eigenvalue weighted by molar-refractivity contribution is 0.601. The molecule has 2 aliphatic rings. The van der Waals surface area contributed by atoms with Crippen LogP contribution in [0.5, 0.6) is 0 Å². The first-order valence-corrected chi connectivity index (χ1v) is 21.9. The average molecular weight is 793 g/mol. The summed E-state index contributed by atoms with van der Waals surface area (Å²) in [6, 6.07) is 72.3. The fourth-order valence-corrected chi connectivity index (χ4v) is 11.6. The molecule has 0 fully saturated rings. The van der Waals surface area contributed by atoms with E-state index in [0.717, 1.165) is 0 Å². The van der Waals surface area contributed by atoms with Gasteiger partial charge in [-0.1, -0.05) is 149 Å². The van der Waals surface area contributed by atoms with E-state index >= 15 is 0 Å². The van der Waals surface area contributed by atoms with Crippen molar-refractivity contribution in [1.29, 1.82) is 0 Å². The summed E-state index contributed by atoms with van der Waals surface area (Å²) in [6.07, 6.45) is 0. The Balaban J connectivity index is 0.895. The summed E-state index contributed by atoms with van der Waals surface area (Å²) in [5.41, 5.74) is 23.1. The van der Waals surface area contributed by atoms with Gasteiger partial charge in [-0.15, -0.1) is 0 Å². The molecule has 0 unspecified atom stereocenters. The maximum absolute atomic E-state index is 2.48. The van der Waals surface area contributed by atoms with Crippen molar-refractivity contribution in [1.82, 2.24) is 9.13 Å². The first-order chi connectivity index (χ1) is 30.3. The fourth-order valence-electron chi connectivity index (χ4n) is 11.6. The van der Waals surface area contributed by atoms with Crippen LogP contribution in [-0.2, 0) is 10.8 Å². The molecule has 62 heavy (non-hydrogen) atoms. The molecule has 2 heteroatoms. The van der Waals surface area contributed by atoms with Crippen LogP contribution in [0.15, 0.2) is 194 Å². The van der Waals surface area contributed by atoms with Crippen LogP contribution in [0, 0.1) is 0 Å². The molecule has 0 radical (unpaired) electrons. The zero-order valence-corrected chi connectivity index (χ0v) is 35.4. The Kier molecular flexibility index (Phi) is 7.16. The van der Waals surface area contributed by atoms with E-state index < -0.39 is 0 Å². The Morgan fingerprint density at radius 1 is 0.290 bits per heavy atom. The molecule has 2 aromatic heterocycles. The van der Waals surface area contributed by atoms with Gasteiger partial charge < -0.3 is 9.13 Å². The number of hydrogen-bond donors (Lipinski definition) is 0.